The van der Waals surface area contributed by atoms with E-state index in [1.165, 1.54) is 11.3 Å². The van der Waals surface area contributed by atoms with E-state index in [1.54, 1.807) is 25.7 Å². The van der Waals surface area contributed by atoms with Gasteiger partial charge in [0.25, 0.3) is 0 Å². The number of ether oxygens (including phenoxy) is 2. The second-order valence-electron chi connectivity index (χ2n) is 11.8. The molecule has 2 aromatic heterocycles. The molecule has 45 heavy (non-hydrogen) atoms. The maximum atomic E-state index is 5.89. The number of benzene rings is 2. The molecule has 238 valence electrons. The summed E-state index contributed by atoms with van der Waals surface area (Å²) in [5.41, 5.74) is 5.99. The van der Waals surface area contributed by atoms with Gasteiger partial charge in [0.2, 0.25) is 5.95 Å². The van der Waals surface area contributed by atoms with E-state index in [1.807, 2.05) is 12.1 Å². The highest BCUT2D eigenvalue weighted by Gasteiger charge is 2.31. The molecule has 0 unspecified atom stereocenters. The van der Waals surface area contributed by atoms with E-state index in [-0.39, 0.29) is 0 Å². The molecule has 2 saturated heterocycles. The SMILES string of the molecule is CCO[C@H]1CCN(C2CCN(c3cc(OC)c(Nc4ncc(Br)c(Nc5ccc6nccnc6c5P(C)C)n4)cc3C)CC2)C1. The van der Waals surface area contributed by atoms with Crippen molar-refractivity contribution in [2.45, 2.75) is 45.3 Å². The van der Waals surface area contributed by atoms with Crippen LogP contribution < -0.4 is 25.6 Å². The molecule has 2 aliphatic rings. The summed E-state index contributed by atoms with van der Waals surface area (Å²) < 4.78 is 12.5. The molecule has 2 aromatic carbocycles. The standard InChI is InChI=1S/C33H42BrN8O2P/c1-6-44-23-11-16-42(20-23)22-9-14-41(15-10-22)28-18-29(43-3)27(17-21(28)2)39-33-37-19-24(34)32(40-33)38-26-8-7-25-30(31(26)45(4)5)36-13-12-35-25/h7-8,12-13,17-19,22-23H,6,9-11,14-16,20H2,1-5H3,(H2,37,38,39,40)/t23-/m0/s1. The number of piperidine rings is 1. The van der Waals surface area contributed by atoms with Crippen molar-refractivity contribution in [1.29, 1.82) is 0 Å². The first-order valence-corrected chi connectivity index (χ1v) is 18.6. The van der Waals surface area contributed by atoms with E-state index in [2.05, 4.69) is 90.6 Å². The van der Waals surface area contributed by atoms with Gasteiger partial charge >= 0.3 is 0 Å². The van der Waals surface area contributed by atoms with Gasteiger partial charge in [-0.25, -0.2) is 4.98 Å². The van der Waals surface area contributed by atoms with Crippen molar-refractivity contribution >= 4 is 69.0 Å². The van der Waals surface area contributed by atoms with Crippen LogP contribution in [0.25, 0.3) is 11.0 Å². The number of aromatic nitrogens is 4. The Morgan fingerprint density at radius 2 is 1.80 bits per heavy atom. The molecule has 10 nitrogen and oxygen atoms in total. The molecule has 2 aliphatic heterocycles. The van der Waals surface area contributed by atoms with Crippen molar-refractivity contribution < 1.29 is 9.47 Å². The molecule has 0 radical (unpaired) electrons. The van der Waals surface area contributed by atoms with Crippen molar-refractivity contribution in [2.75, 3.05) is 68.8 Å². The lowest BCUT2D eigenvalue weighted by atomic mass is 10.0. The number of halogens is 1. The quantitative estimate of drug-likeness (QED) is 0.181. The lowest BCUT2D eigenvalue weighted by Gasteiger charge is -2.38. The maximum Gasteiger partial charge on any atom is 0.229 e. The topological polar surface area (TPSA) is 101 Å². The van der Waals surface area contributed by atoms with Gasteiger partial charge in [-0.05, 0) is 86.1 Å². The number of rotatable bonds is 10. The predicted molar refractivity (Wildman–Crippen MR) is 189 cm³/mol. The largest absolute Gasteiger partial charge is 0.494 e. The maximum absolute atomic E-state index is 5.89. The van der Waals surface area contributed by atoms with Crippen molar-refractivity contribution in [3.63, 3.8) is 0 Å². The van der Waals surface area contributed by atoms with E-state index in [4.69, 9.17) is 14.5 Å². The fraction of sp³-hybridized carbons (Fsp3) is 0.455. The number of hydrogen-bond donors (Lipinski definition) is 2. The van der Waals surface area contributed by atoms with Crippen molar-refractivity contribution in [3.8, 4) is 5.75 Å². The Hall–Kier alpha value is -3.11. The molecule has 0 bridgehead atoms. The number of anilines is 5. The fourth-order valence-corrected chi connectivity index (χ4v) is 8.05. The van der Waals surface area contributed by atoms with Gasteiger partial charge in [-0.1, -0.05) is 7.92 Å². The van der Waals surface area contributed by atoms with Crippen LogP contribution in [-0.4, -0.2) is 90.2 Å². The summed E-state index contributed by atoms with van der Waals surface area (Å²) >= 11 is 3.64. The number of methoxy groups -OCH3 is 1. The van der Waals surface area contributed by atoms with Gasteiger partial charge in [0.1, 0.15) is 11.6 Å². The van der Waals surface area contributed by atoms with Crippen LogP contribution in [0.4, 0.5) is 28.8 Å². The van der Waals surface area contributed by atoms with Crippen LogP contribution in [0.2, 0.25) is 0 Å². The van der Waals surface area contributed by atoms with Gasteiger partial charge in [0.15, 0.2) is 0 Å². The minimum Gasteiger partial charge on any atom is -0.494 e. The van der Waals surface area contributed by atoms with E-state index in [9.17, 15) is 0 Å². The molecular formula is C33H42BrN8O2P. The van der Waals surface area contributed by atoms with Crippen LogP contribution in [0.15, 0.2) is 47.3 Å². The van der Waals surface area contributed by atoms with Crippen LogP contribution in [0.1, 0.15) is 31.7 Å². The average molecular weight is 694 g/mol. The Labute approximate surface area is 275 Å². The van der Waals surface area contributed by atoms with Gasteiger partial charge in [0.05, 0.1) is 34.4 Å². The fourth-order valence-electron chi connectivity index (χ4n) is 6.55. The lowest BCUT2D eigenvalue weighted by Crippen LogP contribution is -2.44. The zero-order valence-corrected chi connectivity index (χ0v) is 29.2. The monoisotopic (exact) mass is 692 g/mol. The van der Waals surface area contributed by atoms with Gasteiger partial charge in [0, 0.05) is 80.2 Å². The van der Waals surface area contributed by atoms with Gasteiger partial charge < -0.3 is 25.0 Å². The molecule has 4 heterocycles. The molecule has 12 heteroatoms. The van der Waals surface area contributed by atoms with E-state index in [0.29, 0.717) is 23.9 Å². The summed E-state index contributed by atoms with van der Waals surface area (Å²) in [6.45, 7) is 13.8. The minimum absolute atomic E-state index is 0.396. The smallest absolute Gasteiger partial charge is 0.229 e. The molecule has 4 aromatic rings. The average Bonchev–Trinajstić information content (AvgIpc) is 3.51. The summed E-state index contributed by atoms with van der Waals surface area (Å²) in [5.74, 6) is 1.89. The summed E-state index contributed by atoms with van der Waals surface area (Å²) in [7, 11) is 1.25. The van der Waals surface area contributed by atoms with Crippen molar-refractivity contribution in [2.24, 2.45) is 0 Å². The molecule has 0 spiro atoms. The summed E-state index contributed by atoms with van der Waals surface area (Å²) in [6, 6.07) is 8.95. The van der Waals surface area contributed by atoms with Gasteiger partial charge in [-0.2, -0.15) is 4.98 Å². The van der Waals surface area contributed by atoms with Crippen LogP contribution in [0.3, 0.4) is 0 Å². The first kappa shape index (κ1) is 31.9. The molecule has 6 rings (SSSR count). The Morgan fingerprint density at radius 3 is 2.56 bits per heavy atom. The van der Waals surface area contributed by atoms with Gasteiger partial charge in [-0.3, -0.25) is 14.9 Å². The number of likely N-dealkylation sites (tertiary alicyclic amines) is 1. The second kappa shape index (κ2) is 14.1. The third-order valence-electron chi connectivity index (χ3n) is 8.72. The van der Waals surface area contributed by atoms with E-state index in [0.717, 1.165) is 90.0 Å². The van der Waals surface area contributed by atoms with Crippen molar-refractivity contribution in [1.82, 2.24) is 24.8 Å². The Balaban J connectivity index is 1.17. The van der Waals surface area contributed by atoms with Gasteiger partial charge in [-0.15, -0.1) is 0 Å². The highest BCUT2D eigenvalue weighted by atomic mass is 79.9. The Morgan fingerprint density at radius 1 is 1.00 bits per heavy atom. The Kier molecular flexibility index (Phi) is 9.99. The number of fused-ring (bicyclic) bond motifs is 1. The van der Waals surface area contributed by atoms with Crippen LogP contribution in [0.5, 0.6) is 5.75 Å². The highest BCUT2D eigenvalue weighted by Crippen LogP contribution is 2.38. The molecular weight excluding hydrogens is 651 g/mol. The summed E-state index contributed by atoms with van der Waals surface area (Å²) in [4.78, 5) is 23.6. The zero-order valence-electron chi connectivity index (χ0n) is 26.7. The first-order valence-electron chi connectivity index (χ1n) is 15.6. The van der Waals surface area contributed by atoms with Crippen molar-refractivity contribution in [3.05, 3.63) is 52.9 Å². The number of nitrogens with one attached hydrogen (secondary N) is 2. The third-order valence-corrected chi connectivity index (χ3v) is 10.7. The van der Waals surface area contributed by atoms with Crippen LogP contribution >= 0.6 is 23.9 Å². The zero-order chi connectivity index (χ0) is 31.5. The molecule has 1 atom stereocenters. The highest BCUT2D eigenvalue weighted by molar-refractivity contribution is 9.10. The summed E-state index contributed by atoms with van der Waals surface area (Å²) in [6.07, 6.45) is 9.09. The van der Waals surface area contributed by atoms with Crippen LogP contribution in [-0.2, 0) is 4.74 Å². The molecule has 0 saturated carbocycles. The first-order chi connectivity index (χ1) is 21.8. The van der Waals surface area contributed by atoms with E-state index < -0.39 is 7.92 Å². The number of hydrogen-bond acceptors (Lipinski definition) is 10. The molecule has 0 aliphatic carbocycles. The summed E-state index contributed by atoms with van der Waals surface area (Å²) in [5, 5.41) is 8.09. The molecule has 2 fully saturated rings. The predicted octanol–water partition coefficient (Wildman–Crippen LogP) is 6.43. The lowest BCUT2D eigenvalue weighted by molar-refractivity contribution is 0.0626. The number of aryl methyl sites for hydroxylation is 1. The molecule has 0 amide bonds. The normalized spacial score (nSPS) is 17.8. The third kappa shape index (κ3) is 7.02. The second-order valence-corrected chi connectivity index (χ2v) is 14.9. The van der Waals surface area contributed by atoms with Crippen LogP contribution in [0, 0.1) is 6.92 Å². The van der Waals surface area contributed by atoms with E-state index >= 15 is 0 Å². The number of nitrogens with zero attached hydrogens (tertiary/aromatic N) is 6. The Bertz CT molecular complexity index is 1650. The minimum atomic E-state index is -0.465. The molecule has 2 N–H and O–H groups in total.